The maximum atomic E-state index is 13.5. The largest absolute Gasteiger partial charge is 0.392 e. The average molecular weight is 575 g/mol. The summed E-state index contributed by atoms with van der Waals surface area (Å²) in [6.07, 6.45) is 0. The number of aliphatic hydroxyl groups excluding tert-OH is 1. The van der Waals surface area contributed by atoms with Crippen LogP contribution in [0.4, 0.5) is 11.4 Å². The van der Waals surface area contributed by atoms with Crippen molar-refractivity contribution >= 4 is 53.5 Å². The van der Waals surface area contributed by atoms with E-state index < -0.39 is 11.3 Å². The van der Waals surface area contributed by atoms with E-state index in [2.05, 4.69) is 15.5 Å². The van der Waals surface area contributed by atoms with Crippen LogP contribution in [-0.2, 0) is 11.4 Å². The van der Waals surface area contributed by atoms with Gasteiger partial charge in [-0.1, -0.05) is 18.2 Å². The molecule has 3 amide bonds. The van der Waals surface area contributed by atoms with E-state index in [1.54, 1.807) is 96.2 Å². The molecular formula is C28H26N6O4S2. The van der Waals surface area contributed by atoms with Crippen molar-refractivity contribution < 1.29 is 19.5 Å². The van der Waals surface area contributed by atoms with E-state index in [9.17, 15) is 19.5 Å². The second-order valence-electron chi connectivity index (χ2n) is 9.92. The van der Waals surface area contributed by atoms with Gasteiger partial charge in [0.25, 0.3) is 17.7 Å². The molecule has 40 heavy (non-hydrogen) atoms. The Labute approximate surface area is 239 Å². The molecule has 1 aliphatic heterocycles. The molecule has 2 heterocycles. The summed E-state index contributed by atoms with van der Waals surface area (Å²) < 4.78 is 2.53. The van der Waals surface area contributed by atoms with Gasteiger partial charge in [-0.3, -0.25) is 34.2 Å². The number of rotatable bonds is 6. The molecule has 3 aromatic carbocycles. The minimum Gasteiger partial charge on any atom is -0.392 e. The lowest BCUT2D eigenvalue weighted by Gasteiger charge is -2.28. The molecule has 0 atom stereocenters. The predicted molar refractivity (Wildman–Crippen MR) is 155 cm³/mol. The number of nitrogens with one attached hydrogen (secondary N) is 3. The van der Waals surface area contributed by atoms with Gasteiger partial charge in [-0.15, -0.1) is 0 Å². The van der Waals surface area contributed by atoms with E-state index in [0.29, 0.717) is 32.0 Å². The standard InChI is InChI=1S/C28H26N6O4S2/c1-28(2)16-32(34(25(28)38)24(37)22-6-4-3-5-18(22)15-35)20-11-7-17(8-12-20)23(36)29-19-9-13-21(14-10-19)33-26(39)30-31-27(33)40/h3-14,35H,15-16H2,1-2H3,(H,29,36)(H,30,39)(H,31,40). The molecule has 204 valence electrons. The number of nitrogens with zero attached hydrogens (tertiary/aromatic N) is 3. The van der Waals surface area contributed by atoms with Crippen LogP contribution < -0.4 is 10.3 Å². The van der Waals surface area contributed by atoms with E-state index in [1.165, 1.54) is 0 Å². The molecule has 0 spiro atoms. The van der Waals surface area contributed by atoms with Gasteiger partial charge in [0.15, 0.2) is 9.54 Å². The number of hydrogen-bond acceptors (Lipinski definition) is 7. The third-order valence-electron chi connectivity index (χ3n) is 6.66. The lowest BCUT2D eigenvalue weighted by molar-refractivity contribution is -0.132. The number of aromatic nitrogens is 3. The van der Waals surface area contributed by atoms with Gasteiger partial charge in [-0.05, 0) is 98.4 Å². The molecule has 0 aliphatic carbocycles. The molecule has 1 aromatic heterocycles. The summed E-state index contributed by atoms with van der Waals surface area (Å²) in [6.45, 7) is 3.50. The van der Waals surface area contributed by atoms with Crippen LogP contribution in [0.15, 0.2) is 72.8 Å². The van der Waals surface area contributed by atoms with Gasteiger partial charge in [0.1, 0.15) is 0 Å². The molecule has 0 unspecified atom stereocenters. The van der Waals surface area contributed by atoms with Crippen molar-refractivity contribution in [2.45, 2.75) is 20.5 Å². The fraction of sp³-hybridized carbons (Fsp3) is 0.179. The Kier molecular flexibility index (Phi) is 7.23. The zero-order valence-electron chi connectivity index (χ0n) is 21.7. The van der Waals surface area contributed by atoms with Crippen LogP contribution in [0.1, 0.15) is 40.1 Å². The molecule has 1 aliphatic rings. The number of carbonyl (C=O) groups is 3. The lowest BCUT2D eigenvalue weighted by Crippen LogP contribution is -2.44. The molecule has 0 bridgehead atoms. The predicted octanol–water partition coefficient (Wildman–Crippen LogP) is 4.77. The molecule has 4 aromatic rings. The Bertz CT molecular complexity index is 1690. The van der Waals surface area contributed by atoms with E-state index in [4.69, 9.17) is 24.4 Å². The smallest absolute Gasteiger partial charge is 0.280 e. The topological polar surface area (TPSA) is 126 Å². The second kappa shape index (κ2) is 10.6. The van der Waals surface area contributed by atoms with Gasteiger partial charge < -0.3 is 10.4 Å². The Morgan fingerprint density at radius 1 is 0.925 bits per heavy atom. The van der Waals surface area contributed by atoms with Crippen LogP contribution in [0.2, 0.25) is 0 Å². The van der Waals surface area contributed by atoms with Crippen LogP contribution in [0, 0.1) is 15.0 Å². The normalized spacial score (nSPS) is 14.4. The summed E-state index contributed by atoms with van der Waals surface area (Å²) in [5.74, 6) is -1.19. The molecule has 12 heteroatoms. The first kappa shape index (κ1) is 27.2. The first-order valence-corrected chi connectivity index (χ1v) is 13.2. The molecule has 5 rings (SSSR count). The molecule has 4 N–H and O–H groups in total. The Morgan fingerprint density at radius 2 is 1.52 bits per heavy atom. The van der Waals surface area contributed by atoms with Gasteiger partial charge in [0, 0.05) is 16.8 Å². The molecular weight excluding hydrogens is 548 g/mol. The van der Waals surface area contributed by atoms with Crippen molar-refractivity contribution in [3.8, 4) is 5.69 Å². The summed E-state index contributed by atoms with van der Waals surface area (Å²) >= 11 is 10.5. The van der Waals surface area contributed by atoms with Crippen molar-refractivity contribution in [3.05, 3.63) is 99.0 Å². The van der Waals surface area contributed by atoms with Crippen molar-refractivity contribution in [1.82, 2.24) is 19.8 Å². The maximum absolute atomic E-state index is 13.5. The highest BCUT2D eigenvalue weighted by molar-refractivity contribution is 7.72. The summed E-state index contributed by atoms with van der Waals surface area (Å²) in [7, 11) is 0. The van der Waals surface area contributed by atoms with Crippen molar-refractivity contribution in [3.63, 3.8) is 0 Å². The average Bonchev–Trinajstić information content (AvgIpc) is 3.42. The van der Waals surface area contributed by atoms with Gasteiger partial charge >= 0.3 is 0 Å². The maximum Gasteiger partial charge on any atom is 0.280 e. The Hall–Kier alpha value is -4.39. The highest BCUT2D eigenvalue weighted by Gasteiger charge is 2.48. The van der Waals surface area contributed by atoms with E-state index in [1.807, 2.05) is 0 Å². The van der Waals surface area contributed by atoms with Gasteiger partial charge in [-0.25, -0.2) is 0 Å². The number of aliphatic hydroxyl groups is 1. The molecule has 0 radical (unpaired) electrons. The minimum atomic E-state index is -0.819. The van der Waals surface area contributed by atoms with Crippen LogP contribution in [0.3, 0.4) is 0 Å². The number of imide groups is 1. The second-order valence-corrected chi connectivity index (χ2v) is 10.7. The minimum absolute atomic E-state index is 0.254. The van der Waals surface area contributed by atoms with Crippen LogP contribution >= 0.6 is 24.4 Å². The highest BCUT2D eigenvalue weighted by Crippen LogP contribution is 2.35. The number of aromatic amines is 2. The Morgan fingerprint density at radius 3 is 2.15 bits per heavy atom. The zero-order valence-corrected chi connectivity index (χ0v) is 23.3. The first-order chi connectivity index (χ1) is 19.1. The zero-order chi connectivity index (χ0) is 28.6. The third-order valence-corrected chi connectivity index (χ3v) is 7.23. The van der Waals surface area contributed by atoms with Crippen LogP contribution in [0.5, 0.6) is 0 Å². The number of amides is 3. The number of hydrazine groups is 1. The number of benzene rings is 3. The monoisotopic (exact) mass is 574 g/mol. The highest BCUT2D eigenvalue weighted by atomic mass is 32.1. The van der Waals surface area contributed by atoms with Crippen LogP contribution in [0.25, 0.3) is 5.69 Å². The fourth-order valence-electron chi connectivity index (χ4n) is 4.53. The number of H-pyrrole nitrogens is 2. The summed E-state index contributed by atoms with van der Waals surface area (Å²) in [5, 5.41) is 20.9. The van der Waals surface area contributed by atoms with Gasteiger partial charge in [0.2, 0.25) is 0 Å². The SMILES string of the molecule is CC1(C)CN(c2ccc(C(=O)Nc3ccc(-n4c(=S)[nH][nH]c4=S)cc3)cc2)N(C(=O)c2ccccc2CO)C1=O. The quantitative estimate of drug-likeness (QED) is 0.193. The summed E-state index contributed by atoms with van der Waals surface area (Å²) in [6, 6.07) is 20.4. The molecule has 1 fully saturated rings. The van der Waals surface area contributed by atoms with Crippen molar-refractivity contribution in [2.24, 2.45) is 5.41 Å². The van der Waals surface area contributed by atoms with E-state index >= 15 is 0 Å². The lowest BCUT2D eigenvalue weighted by atomic mass is 9.94. The third kappa shape index (κ3) is 4.99. The van der Waals surface area contributed by atoms with Gasteiger partial charge in [-0.2, -0.15) is 5.01 Å². The van der Waals surface area contributed by atoms with E-state index in [-0.39, 0.29) is 30.5 Å². The molecule has 1 saturated heterocycles. The van der Waals surface area contributed by atoms with Crippen molar-refractivity contribution in [1.29, 1.82) is 0 Å². The van der Waals surface area contributed by atoms with Crippen LogP contribution in [-0.4, -0.2) is 49.1 Å². The summed E-state index contributed by atoms with van der Waals surface area (Å²) in [5.41, 5.74) is 2.18. The summed E-state index contributed by atoms with van der Waals surface area (Å²) in [4.78, 5) is 39.7. The molecule has 0 saturated carbocycles. The number of hydrogen-bond donors (Lipinski definition) is 4. The Balaban J connectivity index is 1.35. The van der Waals surface area contributed by atoms with E-state index in [0.717, 1.165) is 10.7 Å². The number of anilines is 2. The van der Waals surface area contributed by atoms with Crippen molar-refractivity contribution in [2.75, 3.05) is 16.9 Å². The molecule has 10 nitrogen and oxygen atoms in total. The fourth-order valence-corrected chi connectivity index (χ4v) is 5.08. The first-order valence-electron chi connectivity index (χ1n) is 12.4. The van der Waals surface area contributed by atoms with Gasteiger partial charge in [0.05, 0.1) is 29.9 Å². The number of carbonyl (C=O) groups excluding carboxylic acids is 3.